The number of hydrogen-bond donors (Lipinski definition) is 0. The number of carbonyl (C=O) groups excluding carboxylic acids is 1. The summed E-state index contributed by atoms with van der Waals surface area (Å²) in [6.07, 6.45) is 3.17. The van der Waals surface area contributed by atoms with Gasteiger partial charge in [-0.05, 0) is 31.2 Å². The summed E-state index contributed by atoms with van der Waals surface area (Å²) in [5.74, 6) is 0.733. The maximum Gasteiger partial charge on any atom is 0.177 e. The number of hydrogen-bond acceptors (Lipinski definition) is 3. The molecular formula is C12H18N2O2. The molecule has 2 heterocycles. The topological polar surface area (TPSA) is 44.1 Å². The van der Waals surface area contributed by atoms with Gasteiger partial charge >= 0.3 is 0 Å². The zero-order chi connectivity index (χ0) is 11.5. The molecule has 1 aliphatic rings. The van der Waals surface area contributed by atoms with E-state index >= 15 is 0 Å². The van der Waals surface area contributed by atoms with Gasteiger partial charge in [0.25, 0.3) is 0 Å². The minimum atomic E-state index is 0.0771. The minimum absolute atomic E-state index is 0.0771. The van der Waals surface area contributed by atoms with E-state index in [1.54, 1.807) is 11.6 Å². The first kappa shape index (κ1) is 11.3. The summed E-state index contributed by atoms with van der Waals surface area (Å²) in [6, 6.07) is 1.91. The number of carbonyl (C=O) groups is 1. The van der Waals surface area contributed by atoms with Gasteiger partial charge in [0.1, 0.15) is 5.69 Å². The Morgan fingerprint density at radius 1 is 1.56 bits per heavy atom. The van der Waals surface area contributed by atoms with Crippen LogP contribution >= 0.6 is 0 Å². The van der Waals surface area contributed by atoms with Gasteiger partial charge in [0.05, 0.1) is 5.69 Å². The molecule has 2 rings (SSSR count). The minimum Gasteiger partial charge on any atom is -0.381 e. The van der Waals surface area contributed by atoms with E-state index < -0.39 is 0 Å². The molecule has 0 aliphatic carbocycles. The molecule has 0 bridgehead atoms. The summed E-state index contributed by atoms with van der Waals surface area (Å²) in [7, 11) is 1.82. The molecule has 0 amide bonds. The SMILES string of the molecule is CC(=O)c1cc(CC2CCOCC2)nn1C. The highest BCUT2D eigenvalue weighted by molar-refractivity contribution is 5.92. The van der Waals surface area contributed by atoms with Crippen LogP contribution in [-0.4, -0.2) is 28.8 Å². The fourth-order valence-corrected chi connectivity index (χ4v) is 2.20. The van der Waals surface area contributed by atoms with Crippen LogP contribution < -0.4 is 0 Å². The van der Waals surface area contributed by atoms with Crippen LogP contribution in [0.5, 0.6) is 0 Å². The normalized spacial score (nSPS) is 17.6. The second-order valence-corrected chi connectivity index (χ2v) is 4.46. The van der Waals surface area contributed by atoms with E-state index in [1.165, 1.54) is 0 Å². The highest BCUT2D eigenvalue weighted by atomic mass is 16.5. The third kappa shape index (κ3) is 2.50. The Kier molecular flexibility index (Phi) is 3.39. The van der Waals surface area contributed by atoms with Crippen molar-refractivity contribution in [3.8, 4) is 0 Å². The van der Waals surface area contributed by atoms with Crippen LogP contribution in [0.25, 0.3) is 0 Å². The Bertz CT molecular complexity index is 378. The summed E-state index contributed by atoms with van der Waals surface area (Å²) in [6.45, 7) is 3.30. The lowest BCUT2D eigenvalue weighted by molar-refractivity contribution is 0.0662. The van der Waals surface area contributed by atoms with Crippen LogP contribution in [0.2, 0.25) is 0 Å². The summed E-state index contributed by atoms with van der Waals surface area (Å²) in [5.41, 5.74) is 1.72. The zero-order valence-electron chi connectivity index (χ0n) is 9.90. The Hall–Kier alpha value is -1.16. The second-order valence-electron chi connectivity index (χ2n) is 4.46. The number of aryl methyl sites for hydroxylation is 1. The first-order chi connectivity index (χ1) is 7.66. The van der Waals surface area contributed by atoms with Crippen molar-refractivity contribution in [1.82, 2.24) is 9.78 Å². The average Bonchev–Trinajstić information content (AvgIpc) is 2.61. The monoisotopic (exact) mass is 222 g/mol. The van der Waals surface area contributed by atoms with E-state index in [-0.39, 0.29) is 5.78 Å². The van der Waals surface area contributed by atoms with Gasteiger partial charge in [-0.25, -0.2) is 0 Å². The molecule has 1 saturated heterocycles. The van der Waals surface area contributed by atoms with E-state index in [0.717, 1.165) is 38.2 Å². The molecule has 0 N–H and O–H groups in total. The summed E-state index contributed by atoms with van der Waals surface area (Å²) < 4.78 is 7.00. The predicted octanol–water partition coefficient (Wildman–Crippen LogP) is 1.59. The molecule has 1 aromatic heterocycles. The Morgan fingerprint density at radius 2 is 2.25 bits per heavy atom. The zero-order valence-corrected chi connectivity index (χ0v) is 9.90. The van der Waals surface area contributed by atoms with Crippen molar-refractivity contribution < 1.29 is 9.53 Å². The van der Waals surface area contributed by atoms with Crippen molar-refractivity contribution in [2.45, 2.75) is 26.2 Å². The molecule has 0 spiro atoms. The first-order valence-corrected chi connectivity index (χ1v) is 5.78. The second kappa shape index (κ2) is 4.78. The van der Waals surface area contributed by atoms with Gasteiger partial charge in [-0.3, -0.25) is 9.48 Å². The lowest BCUT2D eigenvalue weighted by Gasteiger charge is -2.20. The van der Waals surface area contributed by atoms with Crippen LogP contribution in [0, 0.1) is 5.92 Å². The number of aromatic nitrogens is 2. The summed E-state index contributed by atoms with van der Waals surface area (Å²) in [5, 5.41) is 4.38. The molecule has 4 nitrogen and oxygen atoms in total. The summed E-state index contributed by atoms with van der Waals surface area (Å²) >= 11 is 0. The average molecular weight is 222 g/mol. The largest absolute Gasteiger partial charge is 0.381 e. The van der Waals surface area contributed by atoms with E-state index in [4.69, 9.17) is 4.74 Å². The van der Waals surface area contributed by atoms with Gasteiger partial charge in [-0.1, -0.05) is 0 Å². The number of Topliss-reactive ketones (excluding diaryl/α,β-unsaturated/α-hetero) is 1. The molecule has 0 unspecified atom stereocenters. The van der Waals surface area contributed by atoms with Gasteiger partial charge < -0.3 is 4.74 Å². The maximum absolute atomic E-state index is 11.3. The lowest BCUT2D eigenvalue weighted by Crippen LogP contribution is -2.17. The quantitative estimate of drug-likeness (QED) is 0.729. The molecule has 88 valence electrons. The smallest absolute Gasteiger partial charge is 0.177 e. The maximum atomic E-state index is 11.3. The van der Waals surface area contributed by atoms with E-state index in [9.17, 15) is 4.79 Å². The predicted molar refractivity (Wildman–Crippen MR) is 60.5 cm³/mol. The number of ketones is 1. The number of nitrogens with zero attached hydrogens (tertiary/aromatic N) is 2. The van der Waals surface area contributed by atoms with Crippen molar-refractivity contribution in [2.75, 3.05) is 13.2 Å². The van der Waals surface area contributed by atoms with Crippen molar-refractivity contribution in [3.63, 3.8) is 0 Å². The molecule has 1 fully saturated rings. The number of ether oxygens (including phenoxy) is 1. The van der Waals surface area contributed by atoms with E-state index in [0.29, 0.717) is 11.6 Å². The lowest BCUT2D eigenvalue weighted by atomic mass is 9.95. The van der Waals surface area contributed by atoms with Crippen LogP contribution in [-0.2, 0) is 18.2 Å². The van der Waals surface area contributed by atoms with Crippen molar-refractivity contribution in [2.24, 2.45) is 13.0 Å². The van der Waals surface area contributed by atoms with E-state index in [2.05, 4.69) is 5.10 Å². The van der Waals surface area contributed by atoms with Gasteiger partial charge in [-0.15, -0.1) is 0 Å². The van der Waals surface area contributed by atoms with Crippen LogP contribution in [0.1, 0.15) is 35.9 Å². The van der Waals surface area contributed by atoms with Crippen LogP contribution in [0.4, 0.5) is 0 Å². The molecule has 1 aromatic rings. The van der Waals surface area contributed by atoms with Gasteiger partial charge in [0, 0.05) is 27.2 Å². The third-order valence-electron chi connectivity index (χ3n) is 3.13. The van der Waals surface area contributed by atoms with Crippen molar-refractivity contribution in [3.05, 3.63) is 17.5 Å². The third-order valence-corrected chi connectivity index (χ3v) is 3.13. The molecule has 4 heteroatoms. The highest BCUT2D eigenvalue weighted by Gasteiger charge is 2.17. The van der Waals surface area contributed by atoms with Gasteiger partial charge in [0.2, 0.25) is 0 Å². The number of rotatable bonds is 3. The van der Waals surface area contributed by atoms with Gasteiger partial charge in [0.15, 0.2) is 5.78 Å². The fraction of sp³-hybridized carbons (Fsp3) is 0.667. The molecule has 0 saturated carbocycles. The molecule has 16 heavy (non-hydrogen) atoms. The molecule has 1 aliphatic heterocycles. The molecule has 0 radical (unpaired) electrons. The Balaban J connectivity index is 2.03. The molecular weight excluding hydrogens is 204 g/mol. The Morgan fingerprint density at radius 3 is 2.81 bits per heavy atom. The molecule has 0 atom stereocenters. The molecule has 0 aromatic carbocycles. The highest BCUT2D eigenvalue weighted by Crippen LogP contribution is 2.19. The van der Waals surface area contributed by atoms with E-state index in [1.807, 2.05) is 13.1 Å². The fourth-order valence-electron chi connectivity index (χ4n) is 2.20. The summed E-state index contributed by atoms with van der Waals surface area (Å²) in [4.78, 5) is 11.3. The van der Waals surface area contributed by atoms with Gasteiger partial charge in [-0.2, -0.15) is 5.10 Å². The van der Waals surface area contributed by atoms with Crippen molar-refractivity contribution in [1.29, 1.82) is 0 Å². The van der Waals surface area contributed by atoms with Crippen LogP contribution in [0.3, 0.4) is 0 Å². The standard InChI is InChI=1S/C12H18N2O2/c1-9(15)12-8-11(13-14(12)2)7-10-3-5-16-6-4-10/h8,10H,3-7H2,1-2H3. The Labute approximate surface area is 95.6 Å². The van der Waals surface area contributed by atoms with Crippen LogP contribution in [0.15, 0.2) is 6.07 Å². The first-order valence-electron chi connectivity index (χ1n) is 5.78. The van der Waals surface area contributed by atoms with Crippen molar-refractivity contribution >= 4 is 5.78 Å².